The highest BCUT2D eigenvalue weighted by Crippen LogP contribution is 2.12. The van der Waals surface area contributed by atoms with E-state index in [4.69, 9.17) is 9.47 Å². The van der Waals surface area contributed by atoms with Gasteiger partial charge in [-0.25, -0.2) is 0 Å². The Bertz CT molecular complexity index is 172. The molecule has 0 spiro atoms. The minimum Gasteiger partial charge on any atom is -0.355 e. The van der Waals surface area contributed by atoms with E-state index >= 15 is 0 Å². The van der Waals surface area contributed by atoms with Crippen molar-refractivity contribution < 1.29 is 9.47 Å². The van der Waals surface area contributed by atoms with Crippen LogP contribution in [0.1, 0.15) is 20.3 Å². The molecule has 0 aliphatic carbocycles. The van der Waals surface area contributed by atoms with Crippen molar-refractivity contribution in [1.29, 1.82) is 0 Å². The Kier molecular flexibility index (Phi) is 5.53. The van der Waals surface area contributed by atoms with E-state index in [1.165, 1.54) is 13.0 Å². The molecule has 0 saturated carbocycles. The lowest BCUT2D eigenvalue weighted by Gasteiger charge is -2.21. The van der Waals surface area contributed by atoms with E-state index in [0.717, 1.165) is 13.1 Å². The van der Waals surface area contributed by atoms with Crippen LogP contribution in [-0.2, 0) is 9.47 Å². The SMILES string of the molecule is COC(CNC1CCN(C(C)C)C1)OC. The van der Waals surface area contributed by atoms with Crippen LogP contribution in [0.4, 0.5) is 0 Å². The molecule has 0 aromatic carbocycles. The Labute approximate surface area is 92.9 Å². The molecule has 4 nitrogen and oxygen atoms in total. The van der Waals surface area contributed by atoms with E-state index in [1.54, 1.807) is 14.2 Å². The number of rotatable bonds is 6. The van der Waals surface area contributed by atoms with Crippen LogP contribution in [-0.4, -0.2) is 57.1 Å². The maximum absolute atomic E-state index is 5.14. The lowest BCUT2D eigenvalue weighted by molar-refractivity contribution is -0.0997. The van der Waals surface area contributed by atoms with Gasteiger partial charge in [0.05, 0.1) is 0 Å². The fraction of sp³-hybridized carbons (Fsp3) is 1.00. The lowest BCUT2D eigenvalue weighted by Crippen LogP contribution is -2.39. The van der Waals surface area contributed by atoms with E-state index in [-0.39, 0.29) is 6.29 Å². The first-order chi connectivity index (χ1) is 7.17. The first-order valence-electron chi connectivity index (χ1n) is 5.70. The molecule has 1 atom stereocenters. The van der Waals surface area contributed by atoms with Crippen LogP contribution in [0, 0.1) is 0 Å². The number of hydrogen-bond acceptors (Lipinski definition) is 4. The maximum atomic E-state index is 5.14. The summed E-state index contributed by atoms with van der Waals surface area (Å²) < 4.78 is 10.3. The van der Waals surface area contributed by atoms with E-state index in [1.807, 2.05) is 0 Å². The van der Waals surface area contributed by atoms with Crippen LogP contribution in [0.3, 0.4) is 0 Å². The third-order valence-corrected chi connectivity index (χ3v) is 3.05. The van der Waals surface area contributed by atoms with Crippen molar-refractivity contribution in [2.75, 3.05) is 33.9 Å². The van der Waals surface area contributed by atoms with Gasteiger partial charge in [0, 0.05) is 39.4 Å². The smallest absolute Gasteiger partial charge is 0.169 e. The van der Waals surface area contributed by atoms with Crippen molar-refractivity contribution in [3.05, 3.63) is 0 Å². The molecule has 0 radical (unpaired) electrons. The molecule has 0 bridgehead atoms. The molecule has 4 heteroatoms. The molecule has 1 aliphatic heterocycles. The summed E-state index contributed by atoms with van der Waals surface area (Å²) >= 11 is 0. The van der Waals surface area contributed by atoms with Gasteiger partial charge in [0.25, 0.3) is 0 Å². The highest BCUT2D eigenvalue weighted by atomic mass is 16.7. The van der Waals surface area contributed by atoms with Crippen LogP contribution in [0.25, 0.3) is 0 Å². The molecule has 1 heterocycles. The third-order valence-electron chi connectivity index (χ3n) is 3.05. The summed E-state index contributed by atoms with van der Waals surface area (Å²) in [5.41, 5.74) is 0. The van der Waals surface area contributed by atoms with Crippen LogP contribution in [0.15, 0.2) is 0 Å². The molecule has 0 aromatic heterocycles. The van der Waals surface area contributed by atoms with Crippen molar-refractivity contribution in [3.8, 4) is 0 Å². The number of hydrogen-bond donors (Lipinski definition) is 1. The van der Waals surface area contributed by atoms with Gasteiger partial charge >= 0.3 is 0 Å². The first-order valence-corrected chi connectivity index (χ1v) is 5.70. The molecule has 1 unspecified atom stereocenters. The second-order valence-corrected chi connectivity index (χ2v) is 4.38. The molecule has 1 N–H and O–H groups in total. The third kappa shape index (κ3) is 4.07. The summed E-state index contributed by atoms with van der Waals surface area (Å²) in [4.78, 5) is 2.49. The summed E-state index contributed by atoms with van der Waals surface area (Å²) in [5, 5.41) is 3.48. The molecule has 1 rings (SSSR count). The van der Waals surface area contributed by atoms with Crippen molar-refractivity contribution in [2.24, 2.45) is 0 Å². The molecule has 1 fully saturated rings. The van der Waals surface area contributed by atoms with E-state index < -0.39 is 0 Å². The normalized spacial score (nSPS) is 23.2. The monoisotopic (exact) mass is 216 g/mol. The second kappa shape index (κ2) is 6.43. The van der Waals surface area contributed by atoms with Gasteiger partial charge in [0.15, 0.2) is 6.29 Å². The van der Waals surface area contributed by atoms with Crippen LogP contribution in [0.5, 0.6) is 0 Å². The predicted octanol–water partition coefficient (Wildman–Crippen LogP) is 0.678. The highest BCUT2D eigenvalue weighted by molar-refractivity contribution is 4.82. The van der Waals surface area contributed by atoms with Gasteiger partial charge in [0.2, 0.25) is 0 Å². The molecule has 0 aromatic rings. The largest absolute Gasteiger partial charge is 0.355 e. The summed E-state index contributed by atoms with van der Waals surface area (Å²) in [6.07, 6.45) is 1.09. The number of nitrogens with zero attached hydrogens (tertiary/aromatic N) is 1. The minimum absolute atomic E-state index is 0.127. The molecular weight excluding hydrogens is 192 g/mol. The van der Waals surface area contributed by atoms with Gasteiger partial charge in [-0.1, -0.05) is 0 Å². The molecule has 90 valence electrons. The molecule has 15 heavy (non-hydrogen) atoms. The number of likely N-dealkylation sites (tertiary alicyclic amines) is 1. The number of nitrogens with one attached hydrogen (secondary N) is 1. The van der Waals surface area contributed by atoms with Crippen molar-refractivity contribution in [1.82, 2.24) is 10.2 Å². The highest BCUT2D eigenvalue weighted by Gasteiger charge is 2.24. The topological polar surface area (TPSA) is 33.7 Å². The average molecular weight is 216 g/mol. The zero-order valence-corrected chi connectivity index (χ0v) is 10.3. The number of ether oxygens (including phenoxy) is 2. The summed E-state index contributed by atoms with van der Waals surface area (Å²) in [5.74, 6) is 0. The van der Waals surface area contributed by atoms with E-state index in [0.29, 0.717) is 12.1 Å². The molecular formula is C11H24N2O2. The summed E-state index contributed by atoms with van der Waals surface area (Å²) in [6, 6.07) is 1.23. The average Bonchev–Trinajstić information content (AvgIpc) is 2.68. The fourth-order valence-electron chi connectivity index (χ4n) is 1.95. The quantitative estimate of drug-likeness (QED) is 0.662. The minimum atomic E-state index is -0.127. The van der Waals surface area contributed by atoms with Gasteiger partial charge in [-0.15, -0.1) is 0 Å². The Morgan fingerprint density at radius 1 is 1.33 bits per heavy atom. The van der Waals surface area contributed by atoms with Gasteiger partial charge in [-0.2, -0.15) is 0 Å². The zero-order valence-electron chi connectivity index (χ0n) is 10.3. The Morgan fingerprint density at radius 2 is 2.00 bits per heavy atom. The Balaban J connectivity index is 2.18. The summed E-state index contributed by atoms with van der Waals surface area (Å²) in [6.45, 7) is 7.59. The summed E-state index contributed by atoms with van der Waals surface area (Å²) in [7, 11) is 3.34. The molecule has 0 amide bonds. The Hall–Kier alpha value is -0.160. The predicted molar refractivity (Wildman–Crippen MR) is 60.9 cm³/mol. The fourth-order valence-corrected chi connectivity index (χ4v) is 1.95. The number of methoxy groups -OCH3 is 2. The second-order valence-electron chi connectivity index (χ2n) is 4.38. The van der Waals surface area contributed by atoms with E-state index in [2.05, 4.69) is 24.1 Å². The standard InChI is InChI=1S/C11H24N2O2/c1-9(2)13-6-5-10(8-13)12-7-11(14-3)15-4/h9-12H,5-8H2,1-4H3. The molecule has 1 saturated heterocycles. The zero-order chi connectivity index (χ0) is 11.3. The van der Waals surface area contributed by atoms with Crippen molar-refractivity contribution in [3.63, 3.8) is 0 Å². The first kappa shape index (κ1) is 12.9. The van der Waals surface area contributed by atoms with Crippen molar-refractivity contribution >= 4 is 0 Å². The van der Waals surface area contributed by atoms with Gasteiger partial charge in [-0.3, -0.25) is 4.90 Å². The molecule has 1 aliphatic rings. The van der Waals surface area contributed by atoms with Crippen LogP contribution >= 0.6 is 0 Å². The van der Waals surface area contributed by atoms with Gasteiger partial charge in [0.1, 0.15) is 0 Å². The van der Waals surface area contributed by atoms with Gasteiger partial charge < -0.3 is 14.8 Å². The lowest BCUT2D eigenvalue weighted by atomic mass is 10.2. The maximum Gasteiger partial charge on any atom is 0.169 e. The van der Waals surface area contributed by atoms with Gasteiger partial charge in [-0.05, 0) is 26.8 Å². The Morgan fingerprint density at radius 3 is 2.47 bits per heavy atom. The van der Waals surface area contributed by atoms with Crippen molar-refractivity contribution in [2.45, 2.75) is 38.6 Å². The van der Waals surface area contributed by atoms with E-state index in [9.17, 15) is 0 Å². The van der Waals surface area contributed by atoms with Crippen LogP contribution in [0.2, 0.25) is 0 Å². The van der Waals surface area contributed by atoms with Crippen LogP contribution < -0.4 is 5.32 Å².